The first kappa shape index (κ1) is 25.7. The molecule has 0 fully saturated rings. The molecule has 0 unspecified atom stereocenters. The summed E-state index contributed by atoms with van der Waals surface area (Å²) in [5, 5.41) is 21.4. The van der Waals surface area contributed by atoms with Gasteiger partial charge in [0.2, 0.25) is 0 Å². The minimum Gasteiger partial charge on any atom is -0.379 e. The first-order valence-corrected chi connectivity index (χ1v) is 11.9. The van der Waals surface area contributed by atoms with E-state index in [-0.39, 0.29) is 22.9 Å². The Hall–Kier alpha value is -4.39. The molecule has 3 aromatic rings. The molecule has 1 aliphatic heterocycles. The van der Waals surface area contributed by atoms with Gasteiger partial charge in [-0.25, -0.2) is 14.8 Å². The lowest BCUT2D eigenvalue weighted by Crippen LogP contribution is -2.39. The minimum atomic E-state index is -0.515. The maximum atomic E-state index is 13.2. The number of carbonyl (C=O) groups excluding carboxylic acids is 2. The van der Waals surface area contributed by atoms with E-state index in [9.17, 15) is 19.7 Å². The van der Waals surface area contributed by atoms with Crippen molar-refractivity contribution in [1.29, 1.82) is 0 Å². The lowest BCUT2D eigenvalue weighted by molar-refractivity contribution is -0.384. The quantitative estimate of drug-likeness (QED) is 0.193. The SMILES string of the molecule is CN(C)CCCNc1cc(NC(=O)N2CCCc3cc(-c4cnn(C)c4)c(C=O)nc32)ncc1[N+](=O)[O-]. The molecule has 13 nitrogen and oxygen atoms in total. The average molecular weight is 508 g/mol. The van der Waals surface area contributed by atoms with Gasteiger partial charge in [-0.15, -0.1) is 0 Å². The van der Waals surface area contributed by atoms with Crippen LogP contribution in [0, 0.1) is 10.1 Å². The fourth-order valence-electron chi connectivity index (χ4n) is 4.19. The number of aromatic nitrogens is 4. The number of aryl methyl sites for hydroxylation is 2. The van der Waals surface area contributed by atoms with Crippen LogP contribution in [0.4, 0.5) is 27.8 Å². The van der Waals surface area contributed by atoms with Crippen molar-refractivity contribution in [3.05, 3.63) is 52.1 Å². The van der Waals surface area contributed by atoms with Gasteiger partial charge in [0.05, 0.1) is 11.1 Å². The number of amides is 2. The topological polar surface area (TPSA) is 151 Å². The van der Waals surface area contributed by atoms with Gasteiger partial charge in [0.15, 0.2) is 6.29 Å². The normalized spacial score (nSPS) is 12.8. The Morgan fingerprint density at radius 3 is 2.78 bits per heavy atom. The zero-order valence-electron chi connectivity index (χ0n) is 21.0. The van der Waals surface area contributed by atoms with Crippen molar-refractivity contribution in [1.82, 2.24) is 24.6 Å². The molecule has 4 rings (SSSR count). The molecule has 0 aliphatic carbocycles. The third-order valence-corrected chi connectivity index (χ3v) is 5.98. The predicted molar refractivity (Wildman–Crippen MR) is 139 cm³/mol. The largest absolute Gasteiger partial charge is 0.379 e. The van der Waals surface area contributed by atoms with Gasteiger partial charge in [0, 0.05) is 43.5 Å². The first-order chi connectivity index (χ1) is 17.8. The summed E-state index contributed by atoms with van der Waals surface area (Å²) in [7, 11) is 5.70. The highest BCUT2D eigenvalue weighted by molar-refractivity contribution is 6.02. The second-order valence-corrected chi connectivity index (χ2v) is 9.04. The summed E-state index contributed by atoms with van der Waals surface area (Å²) in [6.45, 7) is 1.74. The van der Waals surface area contributed by atoms with E-state index >= 15 is 0 Å². The smallest absolute Gasteiger partial charge is 0.328 e. The monoisotopic (exact) mass is 507 g/mol. The van der Waals surface area contributed by atoms with Crippen molar-refractivity contribution >= 4 is 35.3 Å². The highest BCUT2D eigenvalue weighted by atomic mass is 16.6. The molecular formula is C24H29N9O4. The Kier molecular flexibility index (Phi) is 7.72. The van der Waals surface area contributed by atoms with Crippen LogP contribution < -0.4 is 15.5 Å². The summed E-state index contributed by atoms with van der Waals surface area (Å²) in [5.41, 5.74) is 2.57. The summed E-state index contributed by atoms with van der Waals surface area (Å²) in [6.07, 6.45) is 7.45. The molecule has 0 radical (unpaired) electrons. The number of aldehydes is 1. The van der Waals surface area contributed by atoms with Gasteiger partial charge in [-0.2, -0.15) is 5.10 Å². The number of urea groups is 1. The first-order valence-electron chi connectivity index (χ1n) is 11.9. The summed E-state index contributed by atoms with van der Waals surface area (Å²) < 4.78 is 1.64. The Morgan fingerprint density at radius 1 is 1.30 bits per heavy atom. The van der Waals surface area contributed by atoms with Crippen molar-refractivity contribution in [3.63, 3.8) is 0 Å². The molecule has 13 heteroatoms. The fraction of sp³-hybridized carbons (Fsp3) is 0.375. The van der Waals surface area contributed by atoms with Gasteiger partial charge in [-0.3, -0.25) is 29.8 Å². The molecule has 0 aromatic carbocycles. The number of rotatable bonds is 9. The number of nitrogens with zero attached hydrogens (tertiary/aromatic N) is 7. The number of hydrogen-bond acceptors (Lipinski definition) is 9. The zero-order chi connectivity index (χ0) is 26.5. The molecule has 4 heterocycles. The molecule has 0 atom stereocenters. The maximum absolute atomic E-state index is 13.2. The summed E-state index contributed by atoms with van der Waals surface area (Å²) in [6, 6.07) is 2.84. The van der Waals surface area contributed by atoms with Gasteiger partial charge in [-0.05, 0) is 51.5 Å². The van der Waals surface area contributed by atoms with Crippen LogP contribution in [-0.2, 0) is 13.5 Å². The maximum Gasteiger partial charge on any atom is 0.328 e. The molecule has 0 spiro atoms. The van der Waals surface area contributed by atoms with Crippen LogP contribution >= 0.6 is 0 Å². The van der Waals surface area contributed by atoms with Crippen LogP contribution in [0.2, 0.25) is 0 Å². The molecule has 0 saturated carbocycles. The summed E-state index contributed by atoms with van der Waals surface area (Å²) >= 11 is 0. The van der Waals surface area contributed by atoms with E-state index in [1.54, 1.807) is 24.1 Å². The molecule has 1 aliphatic rings. The van der Waals surface area contributed by atoms with Crippen LogP contribution in [0.1, 0.15) is 28.9 Å². The second-order valence-electron chi connectivity index (χ2n) is 9.04. The fourth-order valence-corrected chi connectivity index (χ4v) is 4.19. The number of nitrogens with one attached hydrogen (secondary N) is 2. The third-order valence-electron chi connectivity index (χ3n) is 5.98. The van der Waals surface area contributed by atoms with Gasteiger partial charge in [0.25, 0.3) is 0 Å². The molecule has 37 heavy (non-hydrogen) atoms. The number of anilines is 3. The van der Waals surface area contributed by atoms with E-state index in [2.05, 4.69) is 25.7 Å². The highest BCUT2D eigenvalue weighted by Gasteiger charge is 2.27. The Balaban J connectivity index is 1.56. The zero-order valence-corrected chi connectivity index (χ0v) is 21.0. The number of carbonyl (C=O) groups is 2. The van der Waals surface area contributed by atoms with Crippen molar-refractivity contribution < 1.29 is 14.5 Å². The Bertz CT molecular complexity index is 1320. The van der Waals surface area contributed by atoms with Crippen molar-refractivity contribution in [2.24, 2.45) is 7.05 Å². The number of nitro groups is 1. The van der Waals surface area contributed by atoms with Crippen molar-refractivity contribution in [2.45, 2.75) is 19.3 Å². The van der Waals surface area contributed by atoms with Gasteiger partial charge in [0.1, 0.15) is 29.2 Å². The minimum absolute atomic E-state index is 0.167. The molecule has 0 bridgehead atoms. The molecule has 0 saturated heterocycles. The molecule has 194 valence electrons. The Morgan fingerprint density at radius 2 is 2.11 bits per heavy atom. The highest BCUT2D eigenvalue weighted by Crippen LogP contribution is 2.32. The molecular weight excluding hydrogens is 478 g/mol. The van der Waals surface area contributed by atoms with E-state index in [4.69, 9.17) is 0 Å². The van der Waals surface area contributed by atoms with Crippen molar-refractivity contribution in [3.8, 4) is 11.1 Å². The number of hydrogen-bond donors (Lipinski definition) is 2. The average Bonchev–Trinajstić information content (AvgIpc) is 3.31. The van der Waals surface area contributed by atoms with Crippen LogP contribution in [0.3, 0.4) is 0 Å². The van der Waals surface area contributed by atoms with Gasteiger partial charge in [-0.1, -0.05) is 0 Å². The number of fused-ring (bicyclic) bond motifs is 1. The number of pyridine rings is 2. The second kappa shape index (κ2) is 11.1. The van der Waals surface area contributed by atoms with Crippen LogP contribution in [0.25, 0.3) is 11.1 Å². The van der Waals surface area contributed by atoms with Gasteiger partial charge >= 0.3 is 11.7 Å². The van der Waals surface area contributed by atoms with Crippen LogP contribution in [0.15, 0.2) is 30.7 Å². The Labute approximate surface area is 213 Å². The summed E-state index contributed by atoms with van der Waals surface area (Å²) in [4.78, 5) is 48.1. The van der Waals surface area contributed by atoms with E-state index in [1.807, 2.05) is 25.1 Å². The van der Waals surface area contributed by atoms with Gasteiger partial charge < -0.3 is 10.2 Å². The van der Waals surface area contributed by atoms with E-state index in [0.29, 0.717) is 43.6 Å². The molecule has 3 aromatic heterocycles. The van der Waals surface area contributed by atoms with E-state index in [0.717, 1.165) is 30.3 Å². The third kappa shape index (κ3) is 5.89. The summed E-state index contributed by atoms with van der Waals surface area (Å²) in [5.74, 6) is 0.572. The lowest BCUT2D eigenvalue weighted by atomic mass is 9.99. The van der Waals surface area contributed by atoms with E-state index < -0.39 is 11.0 Å². The van der Waals surface area contributed by atoms with E-state index in [1.165, 1.54) is 11.0 Å². The van der Waals surface area contributed by atoms with Crippen molar-refractivity contribution in [2.75, 3.05) is 49.3 Å². The van der Waals surface area contributed by atoms with Crippen LogP contribution in [0.5, 0.6) is 0 Å². The lowest BCUT2D eigenvalue weighted by Gasteiger charge is -2.29. The van der Waals surface area contributed by atoms with Crippen LogP contribution in [-0.4, -0.2) is 75.6 Å². The molecule has 2 amide bonds. The molecule has 2 N–H and O–H groups in total. The predicted octanol–water partition coefficient (Wildman–Crippen LogP) is 2.95. The standard InChI is InChI=1S/C24H29N9O4/c1-30(2)8-5-7-25-19-11-22(26-13-21(19)33(36)37)29-24(35)32-9-4-6-16-10-18(17-12-27-31(3)14-17)20(15-34)28-23(16)32/h10-15H,4-9H2,1-3H3,(H2,25,26,29,35).